The second-order valence-electron chi connectivity index (χ2n) is 6.48. The summed E-state index contributed by atoms with van der Waals surface area (Å²) in [7, 11) is 0. The molecule has 0 bridgehead atoms. The van der Waals surface area contributed by atoms with E-state index in [1.807, 2.05) is 24.3 Å². The quantitative estimate of drug-likeness (QED) is 0.805. The maximum Gasteiger partial charge on any atom is 0.290 e. The van der Waals surface area contributed by atoms with E-state index in [9.17, 15) is 14.4 Å². The van der Waals surface area contributed by atoms with Gasteiger partial charge in [-0.1, -0.05) is 12.6 Å². The van der Waals surface area contributed by atoms with Gasteiger partial charge in [0.2, 0.25) is 5.91 Å². The van der Waals surface area contributed by atoms with Crippen LogP contribution in [0.3, 0.4) is 0 Å². The number of nitrogens with one attached hydrogen (secondary N) is 1. The lowest BCUT2D eigenvalue weighted by Crippen LogP contribution is -2.48. The van der Waals surface area contributed by atoms with Crippen LogP contribution >= 0.6 is 11.8 Å². The van der Waals surface area contributed by atoms with E-state index in [2.05, 4.69) is 21.8 Å². The number of carbonyl (C=O) groups is 3. The molecule has 7 nitrogen and oxygen atoms in total. The van der Waals surface area contributed by atoms with Gasteiger partial charge in [0.1, 0.15) is 0 Å². The highest BCUT2D eigenvalue weighted by atomic mass is 32.2. The van der Waals surface area contributed by atoms with Crippen LogP contribution in [0, 0.1) is 0 Å². The van der Waals surface area contributed by atoms with Gasteiger partial charge in [-0.3, -0.25) is 24.7 Å². The monoisotopic (exact) mass is 394 g/mol. The number of amides is 3. The molecule has 4 rings (SSSR count). The zero-order valence-corrected chi connectivity index (χ0v) is 15.9. The first-order valence-electron chi connectivity index (χ1n) is 8.85. The van der Waals surface area contributed by atoms with E-state index in [-0.39, 0.29) is 17.1 Å². The zero-order chi connectivity index (χ0) is 19.7. The minimum atomic E-state index is -0.371. The lowest BCUT2D eigenvalue weighted by molar-refractivity contribution is -0.126. The molecule has 1 aromatic heterocycles. The molecule has 28 heavy (non-hydrogen) atoms. The molecule has 8 heteroatoms. The average Bonchev–Trinajstić information content (AvgIpc) is 3.03. The molecule has 0 unspecified atom stereocenters. The van der Waals surface area contributed by atoms with Gasteiger partial charge in [-0.25, -0.2) is 0 Å². The molecule has 2 aliphatic rings. The molecule has 0 spiro atoms. The third-order valence-corrected chi connectivity index (χ3v) is 5.60. The maximum atomic E-state index is 11.8. The second kappa shape index (κ2) is 7.47. The van der Waals surface area contributed by atoms with Crippen molar-refractivity contribution in [2.24, 2.45) is 0 Å². The third kappa shape index (κ3) is 3.50. The number of rotatable bonds is 3. The van der Waals surface area contributed by atoms with E-state index < -0.39 is 0 Å². The van der Waals surface area contributed by atoms with Gasteiger partial charge in [0.05, 0.1) is 10.4 Å². The molecular weight excluding hydrogens is 376 g/mol. The number of carbonyl (C=O) groups excluding carboxylic acids is 3. The highest BCUT2D eigenvalue weighted by Gasteiger charge is 2.25. The summed E-state index contributed by atoms with van der Waals surface area (Å²) in [6, 6.07) is 7.72. The smallest absolute Gasteiger partial charge is 0.290 e. The second-order valence-corrected chi connectivity index (χ2v) is 7.49. The Morgan fingerprint density at radius 1 is 1.18 bits per heavy atom. The largest absolute Gasteiger partial charge is 0.367 e. The topological polar surface area (TPSA) is 82.6 Å². The fourth-order valence-electron chi connectivity index (χ4n) is 3.38. The van der Waals surface area contributed by atoms with E-state index in [0.717, 1.165) is 47.0 Å². The van der Waals surface area contributed by atoms with Gasteiger partial charge < -0.3 is 9.80 Å². The molecule has 2 saturated heterocycles. The number of benzene rings is 1. The van der Waals surface area contributed by atoms with Crippen LogP contribution < -0.4 is 10.2 Å². The predicted octanol–water partition coefficient (Wildman–Crippen LogP) is 2.39. The van der Waals surface area contributed by atoms with Crippen molar-refractivity contribution in [1.82, 2.24) is 15.2 Å². The van der Waals surface area contributed by atoms with Crippen molar-refractivity contribution in [3.63, 3.8) is 0 Å². The van der Waals surface area contributed by atoms with Crippen molar-refractivity contribution in [3.05, 3.63) is 53.6 Å². The van der Waals surface area contributed by atoms with E-state index in [4.69, 9.17) is 0 Å². The third-order valence-electron chi connectivity index (χ3n) is 4.79. The van der Waals surface area contributed by atoms with Crippen LogP contribution in [0.1, 0.15) is 5.56 Å². The molecule has 0 aliphatic carbocycles. The molecule has 142 valence electrons. The first-order chi connectivity index (χ1) is 13.5. The Labute approximate surface area is 166 Å². The summed E-state index contributed by atoms with van der Waals surface area (Å²) in [4.78, 5) is 43.8. The van der Waals surface area contributed by atoms with Crippen molar-refractivity contribution in [3.8, 4) is 0 Å². The molecule has 0 saturated carbocycles. The van der Waals surface area contributed by atoms with Crippen LogP contribution in [-0.2, 0) is 9.59 Å². The fraction of sp³-hybridized carbons (Fsp3) is 0.200. The predicted molar refractivity (Wildman–Crippen MR) is 110 cm³/mol. The Kier molecular flexibility index (Phi) is 4.87. The zero-order valence-electron chi connectivity index (χ0n) is 15.1. The van der Waals surface area contributed by atoms with Crippen molar-refractivity contribution in [1.29, 1.82) is 0 Å². The molecule has 0 radical (unpaired) electrons. The summed E-state index contributed by atoms with van der Waals surface area (Å²) in [6.07, 6.45) is 4.83. The normalized spacial score (nSPS) is 18.6. The molecule has 2 aliphatic heterocycles. The number of fused-ring (bicyclic) bond motifs is 1. The summed E-state index contributed by atoms with van der Waals surface area (Å²) < 4.78 is 0. The number of imide groups is 1. The Morgan fingerprint density at radius 3 is 2.64 bits per heavy atom. The number of piperazine rings is 1. The number of thioether (sulfide) groups is 1. The first-order valence-corrected chi connectivity index (χ1v) is 9.67. The van der Waals surface area contributed by atoms with Crippen LogP contribution in [0.25, 0.3) is 17.0 Å². The van der Waals surface area contributed by atoms with E-state index in [1.165, 1.54) is 6.08 Å². The van der Waals surface area contributed by atoms with E-state index >= 15 is 0 Å². The van der Waals surface area contributed by atoms with Gasteiger partial charge in [0, 0.05) is 43.4 Å². The number of pyridine rings is 1. The molecule has 2 fully saturated rings. The summed E-state index contributed by atoms with van der Waals surface area (Å²) in [6.45, 7) is 6.26. The van der Waals surface area contributed by atoms with Crippen molar-refractivity contribution < 1.29 is 14.4 Å². The Morgan fingerprint density at radius 2 is 1.96 bits per heavy atom. The molecule has 1 aromatic carbocycles. The average molecular weight is 394 g/mol. The number of hydrogen-bond donors (Lipinski definition) is 1. The Hall–Kier alpha value is -3.13. The minimum Gasteiger partial charge on any atom is -0.367 e. The lowest BCUT2D eigenvalue weighted by atomic mass is 10.1. The van der Waals surface area contributed by atoms with E-state index in [0.29, 0.717) is 18.0 Å². The van der Waals surface area contributed by atoms with Gasteiger partial charge in [-0.2, -0.15) is 0 Å². The first kappa shape index (κ1) is 18.2. The molecule has 1 N–H and O–H groups in total. The molecular formula is C20H18N4O3S. The standard InChI is InChI=1S/C20H18N4O3S/c1-2-18(25)24-9-7-23(8-10-24)16-5-6-21-15-4-3-13(11-14(15)16)12-17-19(26)22-20(27)28-17/h2-6,11-12H,1,7-10H2,(H,22,26,27)/b17-12+. The summed E-state index contributed by atoms with van der Waals surface area (Å²) >= 11 is 0.901. The highest BCUT2D eigenvalue weighted by molar-refractivity contribution is 8.18. The summed E-state index contributed by atoms with van der Waals surface area (Å²) in [5.41, 5.74) is 2.72. The van der Waals surface area contributed by atoms with Crippen LogP contribution in [0.5, 0.6) is 0 Å². The number of aromatic nitrogens is 1. The van der Waals surface area contributed by atoms with Gasteiger partial charge in [-0.05, 0) is 47.7 Å². The molecule has 2 aromatic rings. The van der Waals surface area contributed by atoms with Gasteiger partial charge in [-0.15, -0.1) is 0 Å². The summed E-state index contributed by atoms with van der Waals surface area (Å²) in [5.74, 6) is -0.417. The minimum absolute atomic E-state index is 0.0463. The highest BCUT2D eigenvalue weighted by Crippen LogP contribution is 2.30. The lowest BCUT2D eigenvalue weighted by Gasteiger charge is -2.36. The van der Waals surface area contributed by atoms with Crippen LogP contribution in [0.15, 0.2) is 48.0 Å². The maximum absolute atomic E-state index is 11.8. The Bertz CT molecular complexity index is 1030. The van der Waals surface area contributed by atoms with E-state index in [1.54, 1.807) is 17.2 Å². The fourth-order valence-corrected chi connectivity index (χ4v) is 4.07. The van der Waals surface area contributed by atoms with Crippen LogP contribution in [0.4, 0.5) is 10.5 Å². The number of hydrogen-bond acceptors (Lipinski definition) is 6. The van der Waals surface area contributed by atoms with Crippen molar-refractivity contribution >= 4 is 51.5 Å². The van der Waals surface area contributed by atoms with Gasteiger partial charge >= 0.3 is 0 Å². The molecule has 0 atom stereocenters. The Balaban J connectivity index is 1.64. The van der Waals surface area contributed by atoms with Gasteiger partial charge in [0.15, 0.2) is 0 Å². The number of anilines is 1. The SMILES string of the molecule is C=CC(=O)N1CCN(c2ccnc3ccc(/C=C4/SC(=O)NC4=O)cc23)CC1. The van der Waals surface area contributed by atoms with Crippen molar-refractivity contribution in [2.45, 2.75) is 0 Å². The summed E-state index contributed by atoms with van der Waals surface area (Å²) in [5, 5.41) is 2.87. The van der Waals surface area contributed by atoms with Crippen LogP contribution in [0.2, 0.25) is 0 Å². The number of nitrogens with zero attached hydrogens (tertiary/aromatic N) is 3. The van der Waals surface area contributed by atoms with Crippen molar-refractivity contribution in [2.75, 3.05) is 31.1 Å². The molecule has 3 amide bonds. The van der Waals surface area contributed by atoms with Crippen LogP contribution in [-0.4, -0.2) is 53.1 Å². The molecule has 3 heterocycles. The van der Waals surface area contributed by atoms with Gasteiger partial charge in [0.25, 0.3) is 11.1 Å².